The van der Waals surface area contributed by atoms with Gasteiger partial charge in [-0.3, -0.25) is 13.9 Å². The minimum Gasteiger partial charge on any atom is -0.457 e. The molecule has 1 N–H and O–H groups in total. The van der Waals surface area contributed by atoms with Crippen molar-refractivity contribution in [3.8, 4) is 11.5 Å². The quantitative estimate of drug-likeness (QED) is 0.183. The molecule has 5 rings (SSSR count). The van der Waals surface area contributed by atoms with Crippen LogP contribution in [0.1, 0.15) is 38.2 Å². The highest BCUT2D eigenvalue weighted by Gasteiger charge is 2.33. The Bertz CT molecular complexity index is 1700. The number of ether oxygens (including phenoxy) is 1. The molecule has 1 fully saturated rings. The smallest absolute Gasteiger partial charge is 0.264 e. The van der Waals surface area contributed by atoms with E-state index in [2.05, 4.69) is 5.32 Å². The van der Waals surface area contributed by atoms with Crippen molar-refractivity contribution in [1.82, 2.24) is 10.2 Å². The monoisotopic (exact) mass is 645 g/mol. The fourth-order valence-corrected chi connectivity index (χ4v) is 6.97. The van der Waals surface area contributed by atoms with Gasteiger partial charge < -0.3 is 15.0 Å². The first kappa shape index (κ1) is 32.1. The van der Waals surface area contributed by atoms with Crippen LogP contribution in [0.5, 0.6) is 11.5 Å². The summed E-state index contributed by atoms with van der Waals surface area (Å²) in [7, 11) is -4.18. The first-order valence-electron chi connectivity index (χ1n) is 15.0. The number of benzene rings is 4. The van der Waals surface area contributed by atoms with Gasteiger partial charge >= 0.3 is 0 Å². The molecule has 234 valence electrons. The molecule has 1 aliphatic carbocycles. The molecule has 2 amide bonds. The van der Waals surface area contributed by atoms with Crippen LogP contribution in [0.4, 0.5) is 5.69 Å². The van der Waals surface area contributed by atoms with E-state index in [9.17, 15) is 18.0 Å². The minimum atomic E-state index is -4.18. The summed E-state index contributed by atoms with van der Waals surface area (Å²) in [5.74, 6) is 0.301. The summed E-state index contributed by atoms with van der Waals surface area (Å²) in [6.07, 6.45) is 3.88. The number of amides is 2. The van der Waals surface area contributed by atoms with Crippen LogP contribution >= 0.6 is 11.6 Å². The van der Waals surface area contributed by atoms with Crippen LogP contribution in [-0.2, 0) is 26.2 Å². The number of hydrogen-bond donors (Lipinski definition) is 1. The molecule has 0 radical (unpaired) electrons. The van der Waals surface area contributed by atoms with Gasteiger partial charge in [0.2, 0.25) is 11.8 Å². The third kappa shape index (κ3) is 8.04. The van der Waals surface area contributed by atoms with E-state index in [-0.39, 0.29) is 29.1 Å². The molecule has 10 heteroatoms. The van der Waals surface area contributed by atoms with E-state index in [4.69, 9.17) is 16.3 Å². The number of sulfonamides is 1. The summed E-state index contributed by atoms with van der Waals surface area (Å²) in [6, 6.07) is 29.9. The van der Waals surface area contributed by atoms with Crippen LogP contribution in [0.3, 0.4) is 0 Å². The summed E-state index contributed by atoms with van der Waals surface area (Å²) in [5, 5.41) is 3.52. The maximum atomic E-state index is 14.2. The zero-order valence-electron chi connectivity index (χ0n) is 25.0. The van der Waals surface area contributed by atoms with Crippen LogP contribution in [0.15, 0.2) is 114 Å². The number of nitrogens with zero attached hydrogens (tertiary/aromatic N) is 2. The summed E-state index contributed by atoms with van der Waals surface area (Å²) < 4.78 is 35.0. The molecule has 1 saturated carbocycles. The first-order valence-corrected chi connectivity index (χ1v) is 16.8. The Morgan fingerprint density at radius 2 is 1.42 bits per heavy atom. The largest absolute Gasteiger partial charge is 0.457 e. The third-order valence-electron chi connectivity index (χ3n) is 7.88. The van der Waals surface area contributed by atoms with E-state index in [1.165, 1.54) is 17.0 Å². The summed E-state index contributed by atoms with van der Waals surface area (Å²) in [4.78, 5) is 29.0. The Hall–Kier alpha value is -4.34. The molecule has 0 heterocycles. The number of hydrogen-bond acceptors (Lipinski definition) is 5. The maximum absolute atomic E-state index is 14.2. The predicted molar refractivity (Wildman–Crippen MR) is 176 cm³/mol. The number of rotatable bonds is 12. The lowest BCUT2D eigenvalue weighted by molar-refractivity contribution is -0.139. The molecular weight excluding hydrogens is 610 g/mol. The molecular formula is C35H36ClN3O5S. The molecule has 1 aliphatic rings. The highest BCUT2D eigenvalue weighted by molar-refractivity contribution is 7.92. The number of halogens is 1. The van der Waals surface area contributed by atoms with Gasteiger partial charge in [-0.05, 0) is 79.9 Å². The van der Waals surface area contributed by atoms with Crippen LogP contribution in [0.25, 0.3) is 0 Å². The number of carbonyl (C=O) groups excluding carboxylic acids is 2. The van der Waals surface area contributed by atoms with Gasteiger partial charge in [-0.1, -0.05) is 79.0 Å². The number of nitrogens with one attached hydrogen (secondary N) is 1. The molecule has 4 aromatic rings. The fraction of sp³-hybridized carbons (Fsp3) is 0.257. The zero-order chi connectivity index (χ0) is 31.8. The van der Waals surface area contributed by atoms with E-state index >= 15 is 0 Å². The molecule has 45 heavy (non-hydrogen) atoms. The highest BCUT2D eigenvalue weighted by Crippen LogP contribution is 2.29. The van der Waals surface area contributed by atoms with Crippen LogP contribution in [-0.4, -0.2) is 43.8 Å². The van der Waals surface area contributed by atoms with Crippen molar-refractivity contribution < 1.29 is 22.7 Å². The SMILES string of the molecule is C[C@H](C(=O)NC1CCCC1)N(Cc1ccccc1Cl)C(=O)CN(c1ccc(Oc2ccccc2)cc1)S(=O)(=O)c1ccccc1. The lowest BCUT2D eigenvalue weighted by Crippen LogP contribution is -2.52. The van der Waals surface area contributed by atoms with Gasteiger partial charge in [0.15, 0.2) is 0 Å². The Balaban J connectivity index is 1.46. The van der Waals surface area contributed by atoms with E-state index in [0.717, 1.165) is 30.0 Å². The van der Waals surface area contributed by atoms with E-state index in [0.29, 0.717) is 22.1 Å². The van der Waals surface area contributed by atoms with E-state index < -0.39 is 28.5 Å². The molecule has 8 nitrogen and oxygen atoms in total. The average molecular weight is 646 g/mol. The molecule has 0 saturated heterocycles. The fourth-order valence-electron chi connectivity index (χ4n) is 5.34. The van der Waals surface area contributed by atoms with Gasteiger partial charge in [0.05, 0.1) is 10.6 Å². The normalized spacial score (nSPS) is 14.0. The van der Waals surface area contributed by atoms with E-state index in [1.54, 1.807) is 73.7 Å². The van der Waals surface area contributed by atoms with Gasteiger partial charge in [0, 0.05) is 17.6 Å². The first-order chi connectivity index (χ1) is 21.7. The second-order valence-electron chi connectivity index (χ2n) is 11.0. The van der Waals surface area contributed by atoms with Crippen LogP contribution in [0, 0.1) is 0 Å². The Labute approximate surface area is 269 Å². The zero-order valence-corrected chi connectivity index (χ0v) is 26.6. The second-order valence-corrected chi connectivity index (χ2v) is 13.3. The lowest BCUT2D eigenvalue weighted by Gasteiger charge is -2.32. The predicted octanol–water partition coefficient (Wildman–Crippen LogP) is 6.80. The average Bonchev–Trinajstić information content (AvgIpc) is 3.57. The van der Waals surface area contributed by atoms with Crippen molar-refractivity contribution in [2.75, 3.05) is 10.8 Å². The van der Waals surface area contributed by atoms with E-state index in [1.807, 2.05) is 30.3 Å². The van der Waals surface area contributed by atoms with Gasteiger partial charge in [-0.25, -0.2) is 8.42 Å². The Morgan fingerprint density at radius 3 is 2.07 bits per heavy atom. The van der Waals surface area contributed by atoms with Crippen molar-refractivity contribution in [1.29, 1.82) is 0 Å². The summed E-state index contributed by atoms with van der Waals surface area (Å²) in [6.45, 7) is 1.15. The van der Waals surface area contributed by atoms with Gasteiger partial charge in [-0.15, -0.1) is 0 Å². The van der Waals surface area contributed by atoms with Gasteiger partial charge in [-0.2, -0.15) is 0 Å². The van der Waals surface area contributed by atoms with Gasteiger partial charge in [0.1, 0.15) is 24.1 Å². The molecule has 0 bridgehead atoms. The molecule has 1 atom stereocenters. The van der Waals surface area contributed by atoms with Crippen molar-refractivity contribution >= 4 is 39.1 Å². The standard InChI is InChI=1S/C35H36ClN3O5S/c1-26(35(41)37-28-13-9-10-14-28)38(24-27-12-8-11-19-33(27)36)34(40)25-39(45(42,43)32-17-6-3-7-18-32)29-20-22-31(23-21-29)44-30-15-4-2-5-16-30/h2-8,11-12,15-23,26,28H,9-10,13-14,24-25H2,1H3,(H,37,41)/t26-/m1/s1. The number of para-hydroxylation sites is 1. The molecule has 0 aliphatic heterocycles. The van der Waals surface area contributed by atoms with Crippen molar-refractivity contribution in [2.24, 2.45) is 0 Å². The highest BCUT2D eigenvalue weighted by atomic mass is 35.5. The number of carbonyl (C=O) groups is 2. The van der Waals surface area contributed by atoms with Crippen LogP contribution in [0.2, 0.25) is 5.02 Å². The molecule has 0 unspecified atom stereocenters. The van der Waals surface area contributed by atoms with Crippen LogP contribution < -0.4 is 14.4 Å². The summed E-state index contributed by atoms with van der Waals surface area (Å²) in [5.41, 5.74) is 0.918. The molecule has 0 aromatic heterocycles. The maximum Gasteiger partial charge on any atom is 0.264 e. The minimum absolute atomic E-state index is 0.0286. The van der Waals surface area contributed by atoms with Gasteiger partial charge in [0.25, 0.3) is 10.0 Å². The third-order valence-corrected chi connectivity index (χ3v) is 10.0. The second kappa shape index (κ2) is 14.6. The Kier molecular flexibility index (Phi) is 10.4. The number of anilines is 1. The Morgan fingerprint density at radius 1 is 0.844 bits per heavy atom. The molecule has 0 spiro atoms. The lowest BCUT2D eigenvalue weighted by atomic mass is 10.1. The van der Waals surface area contributed by atoms with Crippen molar-refractivity contribution in [2.45, 2.75) is 56.1 Å². The summed E-state index contributed by atoms with van der Waals surface area (Å²) >= 11 is 6.47. The topological polar surface area (TPSA) is 96.0 Å². The molecule has 4 aromatic carbocycles. The van der Waals surface area contributed by atoms with Crippen molar-refractivity contribution in [3.63, 3.8) is 0 Å². The van der Waals surface area contributed by atoms with Crippen molar-refractivity contribution in [3.05, 3.63) is 120 Å².